The first kappa shape index (κ1) is 12.1. The van der Waals surface area contributed by atoms with Gasteiger partial charge in [0.25, 0.3) is 0 Å². The summed E-state index contributed by atoms with van der Waals surface area (Å²) < 4.78 is 5.01. The third kappa shape index (κ3) is 3.55. The lowest BCUT2D eigenvalue weighted by atomic mass is 10.1. The molecular weight excluding hydrogens is 210 g/mol. The van der Waals surface area contributed by atoms with Gasteiger partial charge in [-0.2, -0.15) is 0 Å². The summed E-state index contributed by atoms with van der Waals surface area (Å²) in [6, 6.07) is 15.1. The highest BCUT2D eigenvalue weighted by Crippen LogP contribution is 2.15. The van der Waals surface area contributed by atoms with Crippen LogP contribution < -0.4 is 5.32 Å². The Kier molecular flexibility index (Phi) is 4.54. The van der Waals surface area contributed by atoms with Crippen LogP contribution in [0.5, 0.6) is 0 Å². The van der Waals surface area contributed by atoms with Crippen molar-refractivity contribution in [2.45, 2.75) is 13.0 Å². The van der Waals surface area contributed by atoms with E-state index in [9.17, 15) is 0 Å². The van der Waals surface area contributed by atoms with Gasteiger partial charge in [-0.05, 0) is 35.4 Å². The van der Waals surface area contributed by atoms with Gasteiger partial charge in [0, 0.05) is 20.3 Å². The molecule has 2 heteroatoms. The van der Waals surface area contributed by atoms with Crippen LogP contribution in [0.15, 0.2) is 42.5 Å². The lowest BCUT2D eigenvalue weighted by Gasteiger charge is -2.06. The Hall–Kier alpha value is -1.38. The fraction of sp³-hybridized carbons (Fsp3) is 0.333. The molecule has 0 radical (unpaired) electrons. The van der Waals surface area contributed by atoms with Crippen LogP contribution in [0.4, 0.5) is 0 Å². The first-order valence-electron chi connectivity index (χ1n) is 6.07. The number of fused-ring (bicyclic) bond motifs is 1. The number of hydrogen-bond acceptors (Lipinski definition) is 2. The van der Waals surface area contributed by atoms with E-state index >= 15 is 0 Å². The number of ether oxygens (including phenoxy) is 1. The quantitative estimate of drug-likeness (QED) is 0.769. The van der Waals surface area contributed by atoms with Crippen molar-refractivity contribution < 1.29 is 4.74 Å². The topological polar surface area (TPSA) is 21.3 Å². The minimum atomic E-state index is 0.824. The summed E-state index contributed by atoms with van der Waals surface area (Å²) in [5.74, 6) is 0. The zero-order valence-electron chi connectivity index (χ0n) is 10.3. The second kappa shape index (κ2) is 6.38. The van der Waals surface area contributed by atoms with Crippen molar-refractivity contribution in [2.24, 2.45) is 0 Å². The van der Waals surface area contributed by atoms with Gasteiger partial charge < -0.3 is 10.1 Å². The Morgan fingerprint density at radius 2 is 1.88 bits per heavy atom. The zero-order chi connectivity index (χ0) is 11.9. The normalized spacial score (nSPS) is 10.9. The van der Waals surface area contributed by atoms with Crippen molar-refractivity contribution in [3.8, 4) is 0 Å². The van der Waals surface area contributed by atoms with Gasteiger partial charge in [-0.1, -0.05) is 36.4 Å². The molecule has 0 saturated heterocycles. The average Bonchev–Trinajstić information content (AvgIpc) is 2.38. The van der Waals surface area contributed by atoms with Crippen LogP contribution in [0.1, 0.15) is 12.0 Å². The summed E-state index contributed by atoms with van der Waals surface area (Å²) in [6.45, 7) is 2.75. The highest BCUT2D eigenvalue weighted by Gasteiger charge is 1.95. The van der Waals surface area contributed by atoms with Crippen molar-refractivity contribution in [3.05, 3.63) is 48.0 Å². The average molecular weight is 229 g/mol. The second-order valence-electron chi connectivity index (χ2n) is 4.20. The molecule has 0 aliphatic rings. The first-order chi connectivity index (χ1) is 8.40. The minimum Gasteiger partial charge on any atom is -0.385 e. The summed E-state index contributed by atoms with van der Waals surface area (Å²) >= 11 is 0. The molecule has 1 N–H and O–H groups in total. The molecule has 0 aromatic heterocycles. The Morgan fingerprint density at radius 3 is 2.71 bits per heavy atom. The van der Waals surface area contributed by atoms with Crippen LogP contribution in [0.3, 0.4) is 0 Å². The number of rotatable bonds is 6. The van der Waals surface area contributed by atoms with Gasteiger partial charge in [-0.3, -0.25) is 0 Å². The maximum atomic E-state index is 5.01. The monoisotopic (exact) mass is 229 g/mol. The van der Waals surface area contributed by atoms with E-state index in [1.165, 1.54) is 16.3 Å². The molecule has 0 saturated carbocycles. The van der Waals surface area contributed by atoms with Gasteiger partial charge in [0.2, 0.25) is 0 Å². The van der Waals surface area contributed by atoms with Crippen LogP contribution in [-0.2, 0) is 11.3 Å². The predicted molar refractivity (Wildman–Crippen MR) is 72.1 cm³/mol. The molecule has 0 aliphatic heterocycles. The van der Waals surface area contributed by atoms with Gasteiger partial charge in [0.1, 0.15) is 0 Å². The minimum absolute atomic E-state index is 0.824. The van der Waals surface area contributed by atoms with E-state index in [0.29, 0.717) is 0 Å². The van der Waals surface area contributed by atoms with Crippen LogP contribution in [-0.4, -0.2) is 20.3 Å². The maximum absolute atomic E-state index is 5.01. The van der Waals surface area contributed by atoms with Crippen LogP contribution >= 0.6 is 0 Å². The number of nitrogens with one attached hydrogen (secondary N) is 1. The third-order valence-electron chi connectivity index (χ3n) is 2.85. The van der Waals surface area contributed by atoms with Crippen molar-refractivity contribution in [1.29, 1.82) is 0 Å². The molecule has 90 valence electrons. The molecule has 0 atom stereocenters. The first-order valence-corrected chi connectivity index (χ1v) is 6.07. The lowest BCUT2D eigenvalue weighted by molar-refractivity contribution is 0.194. The van der Waals surface area contributed by atoms with Gasteiger partial charge in [-0.25, -0.2) is 0 Å². The summed E-state index contributed by atoms with van der Waals surface area (Å²) in [7, 11) is 1.74. The Bertz CT molecular complexity index is 467. The van der Waals surface area contributed by atoms with E-state index in [2.05, 4.69) is 47.8 Å². The summed E-state index contributed by atoms with van der Waals surface area (Å²) in [5.41, 5.74) is 1.33. The van der Waals surface area contributed by atoms with E-state index in [1.54, 1.807) is 7.11 Å². The molecule has 2 aromatic carbocycles. The molecule has 0 unspecified atom stereocenters. The maximum Gasteiger partial charge on any atom is 0.0474 e. The molecule has 2 rings (SSSR count). The smallest absolute Gasteiger partial charge is 0.0474 e. The standard InChI is InChI=1S/C15H19NO/c1-17-10-4-9-16-12-13-7-8-14-5-2-3-6-15(14)11-13/h2-3,5-8,11,16H,4,9-10,12H2,1H3. The van der Waals surface area contributed by atoms with Gasteiger partial charge >= 0.3 is 0 Å². The van der Waals surface area contributed by atoms with Gasteiger partial charge in [0.15, 0.2) is 0 Å². The number of methoxy groups -OCH3 is 1. The highest BCUT2D eigenvalue weighted by atomic mass is 16.5. The van der Waals surface area contributed by atoms with Crippen LogP contribution in [0.2, 0.25) is 0 Å². The molecule has 0 amide bonds. The lowest BCUT2D eigenvalue weighted by Crippen LogP contribution is -2.15. The summed E-state index contributed by atoms with van der Waals surface area (Å²) in [6.07, 6.45) is 1.06. The fourth-order valence-electron chi connectivity index (χ4n) is 1.92. The molecule has 2 aromatic rings. The summed E-state index contributed by atoms with van der Waals surface area (Å²) in [4.78, 5) is 0. The van der Waals surface area contributed by atoms with Crippen molar-refractivity contribution in [1.82, 2.24) is 5.32 Å². The van der Waals surface area contributed by atoms with Crippen molar-refractivity contribution in [3.63, 3.8) is 0 Å². The largest absolute Gasteiger partial charge is 0.385 e. The van der Waals surface area contributed by atoms with Gasteiger partial charge in [-0.15, -0.1) is 0 Å². The number of hydrogen-bond donors (Lipinski definition) is 1. The molecule has 0 aliphatic carbocycles. The molecule has 2 nitrogen and oxygen atoms in total. The van der Waals surface area contributed by atoms with E-state index in [0.717, 1.165) is 26.1 Å². The molecule has 0 bridgehead atoms. The molecule has 17 heavy (non-hydrogen) atoms. The SMILES string of the molecule is COCCCNCc1ccc2ccccc2c1. The van der Waals surface area contributed by atoms with Crippen molar-refractivity contribution in [2.75, 3.05) is 20.3 Å². The van der Waals surface area contributed by atoms with Crippen LogP contribution in [0.25, 0.3) is 10.8 Å². The molecular formula is C15H19NO. The highest BCUT2D eigenvalue weighted by molar-refractivity contribution is 5.82. The second-order valence-corrected chi connectivity index (χ2v) is 4.20. The molecule has 0 heterocycles. The molecule has 0 fully saturated rings. The van der Waals surface area contributed by atoms with Crippen molar-refractivity contribution >= 4 is 10.8 Å². The van der Waals surface area contributed by atoms with E-state index in [-0.39, 0.29) is 0 Å². The molecule has 0 spiro atoms. The third-order valence-corrected chi connectivity index (χ3v) is 2.85. The summed E-state index contributed by atoms with van der Waals surface area (Å²) in [5, 5.41) is 6.03. The number of benzene rings is 2. The fourth-order valence-corrected chi connectivity index (χ4v) is 1.92. The zero-order valence-corrected chi connectivity index (χ0v) is 10.3. The van der Waals surface area contributed by atoms with E-state index in [1.807, 2.05) is 0 Å². The van der Waals surface area contributed by atoms with E-state index < -0.39 is 0 Å². The Morgan fingerprint density at radius 1 is 1.06 bits per heavy atom. The van der Waals surface area contributed by atoms with Gasteiger partial charge in [0.05, 0.1) is 0 Å². The Labute approximate surface area is 103 Å². The Balaban J connectivity index is 1.90. The van der Waals surface area contributed by atoms with Crippen LogP contribution in [0, 0.1) is 0 Å². The van der Waals surface area contributed by atoms with E-state index in [4.69, 9.17) is 4.74 Å². The predicted octanol–water partition coefficient (Wildman–Crippen LogP) is 2.97.